The number of hydrogen-bond donors (Lipinski definition) is 3. The fourth-order valence-electron chi connectivity index (χ4n) is 2.00. The first-order valence-corrected chi connectivity index (χ1v) is 5.67. The van der Waals surface area contributed by atoms with Crippen LogP contribution in [-0.2, 0) is 4.74 Å². The van der Waals surface area contributed by atoms with Gasteiger partial charge < -0.3 is 20.9 Å². The van der Waals surface area contributed by atoms with Crippen LogP contribution < -0.4 is 11.1 Å². The van der Waals surface area contributed by atoms with E-state index in [1.807, 2.05) is 0 Å². The van der Waals surface area contributed by atoms with Crippen molar-refractivity contribution in [3.05, 3.63) is 24.0 Å². The molecule has 1 saturated heterocycles. The van der Waals surface area contributed by atoms with Crippen LogP contribution in [0.5, 0.6) is 0 Å². The van der Waals surface area contributed by atoms with Crippen molar-refractivity contribution in [3.8, 4) is 0 Å². The van der Waals surface area contributed by atoms with Gasteiger partial charge in [-0.2, -0.15) is 0 Å². The first-order valence-electron chi connectivity index (χ1n) is 5.67. The molecule has 94 valence electrons. The van der Waals surface area contributed by atoms with Crippen molar-refractivity contribution in [2.24, 2.45) is 0 Å². The zero-order valence-electron chi connectivity index (χ0n) is 9.58. The highest BCUT2D eigenvalue weighted by Gasteiger charge is 2.32. The van der Waals surface area contributed by atoms with Gasteiger partial charge in [-0.3, -0.25) is 0 Å². The first-order chi connectivity index (χ1) is 8.15. The van der Waals surface area contributed by atoms with Crippen LogP contribution in [0.15, 0.2) is 18.2 Å². The van der Waals surface area contributed by atoms with Crippen molar-refractivity contribution in [1.29, 1.82) is 0 Å². The third kappa shape index (κ3) is 2.68. The number of anilines is 2. The number of hydrogen-bond acceptors (Lipinski definition) is 4. The maximum Gasteiger partial charge on any atom is 0.148 e. The molecule has 4 N–H and O–H groups in total. The topological polar surface area (TPSA) is 67.5 Å². The van der Waals surface area contributed by atoms with Crippen LogP contribution in [0.4, 0.5) is 15.8 Å². The van der Waals surface area contributed by atoms with Gasteiger partial charge in [0.25, 0.3) is 0 Å². The Bertz CT molecular complexity index is 392. The molecule has 0 bridgehead atoms. The third-order valence-electron chi connectivity index (χ3n) is 3.15. The quantitative estimate of drug-likeness (QED) is 0.698. The summed E-state index contributed by atoms with van der Waals surface area (Å²) in [5.41, 5.74) is 5.76. The highest BCUT2D eigenvalue weighted by molar-refractivity contribution is 5.54. The lowest BCUT2D eigenvalue weighted by molar-refractivity contribution is 0.0379. The molecule has 2 rings (SSSR count). The van der Waals surface area contributed by atoms with Crippen molar-refractivity contribution in [2.75, 3.05) is 30.9 Å². The normalized spacial score (nSPS) is 18.9. The lowest BCUT2D eigenvalue weighted by Gasteiger charge is -2.37. The third-order valence-corrected chi connectivity index (χ3v) is 3.15. The van der Waals surface area contributed by atoms with Gasteiger partial charge in [-0.05, 0) is 31.0 Å². The summed E-state index contributed by atoms with van der Waals surface area (Å²) in [4.78, 5) is 0. The van der Waals surface area contributed by atoms with E-state index in [1.165, 1.54) is 6.07 Å². The summed E-state index contributed by atoms with van der Waals surface area (Å²) in [5.74, 6) is -0.399. The summed E-state index contributed by atoms with van der Waals surface area (Å²) in [6.45, 7) is 1.11. The molecule has 1 aromatic carbocycles. The summed E-state index contributed by atoms with van der Waals surface area (Å²) in [7, 11) is 0. The number of benzene rings is 1. The number of aliphatic hydroxyl groups excluding tert-OH is 1. The van der Waals surface area contributed by atoms with Crippen molar-refractivity contribution in [3.63, 3.8) is 0 Å². The molecule has 0 radical (unpaired) electrons. The molecule has 0 unspecified atom stereocenters. The molecule has 0 aromatic heterocycles. The number of rotatable bonds is 3. The summed E-state index contributed by atoms with van der Waals surface area (Å²) in [5, 5.41) is 12.6. The van der Waals surface area contributed by atoms with Crippen molar-refractivity contribution >= 4 is 11.4 Å². The minimum absolute atomic E-state index is 0.0415. The van der Waals surface area contributed by atoms with Crippen LogP contribution in [0.3, 0.4) is 0 Å². The molecule has 4 nitrogen and oxygen atoms in total. The van der Waals surface area contributed by atoms with E-state index >= 15 is 0 Å². The number of halogens is 1. The zero-order chi connectivity index (χ0) is 12.3. The lowest BCUT2D eigenvalue weighted by Crippen LogP contribution is -2.47. The lowest BCUT2D eigenvalue weighted by atomic mass is 9.90. The van der Waals surface area contributed by atoms with E-state index < -0.39 is 11.4 Å². The van der Waals surface area contributed by atoms with E-state index in [4.69, 9.17) is 10.5 Å². The van der Waals surface area contributed by atoms with Crippen molar-refractivity contribution in [1.82, 2.24) is 0 Å². The average Bonchev–Trinajstić information content (AvgIpc) is 2.34. The minimum Gasteiger partial charge on any atom is -0.399 e. The predicted molar refractivity (Wildman–Crippen MR) is 64.3 cm³/mol. The molecule has 1 heterocycles. The molecule has 0 atom stereocenters. The van der Waals surface area contributed by atoms with Crippen LogP contribution in [0, 0.1) is 5.82 Å². The predicted octanol–water partition coefficient (Wildman–Crippen LogP) is 1.36. The highest BCUT2D eigenvalue weighted by atomic mass is 19.1. The highest BCUT2D eigenvalue weighted by Crippen LogP contribution is 2.27. The van der Waals surface area contributed by atoms with Gasteiger partial charge in [-0.15, -0.1) is 0 Å². The number of aliphatic hydroxyl groups is 1. The minimum atomic E-state index is -0.491. The summed E-state index contributed by atoms with van der Waals surface area (Å²) in [6.07, 6.45) is 1.32. The Labute approximate surface area is 99.6 Å². The molecule has 5 heteroatoms. The molecule has 1 aromatic rings. The Morgan fingerprint density at radius 1 is 1.41 bits per heavy atom. The Morgan fingerprint density at radius 2 is 2.12 bits per heavy atom. The van der Waals surface area contributed by atoms with Gasteiger partial charge in [0.15, 0.2) is 0 Å². The molecule has 1 fully saturated rings. The smallest absolute Gasteiger partial charge is 0.148 e. The van der Waals surface area contributed by atoms with Gasteiger partial charge in [0, 0.05) is 18.9 Å². The van der Waals surface area contributed by atoms with Crippen LogP contribution >= 0.6 is 0 Å². The monoisotopic (exact) mass is 240 g/mol. The van der Waals surface area contributed by atoms with Gasteiger partial charge in [0.2, 0.25) is 0 Å². The molecular formula is C12H17FN2O2. The number of nitrogen functional groups attached to an aromatic ring is 1. The Balaban J connectivity index is 2.17. The molecule has 17 heavy (non-hydrogen) atoms. The molecule has 1 aliphatic rings. The van der Waals surface area contributed by atoms with E-state index in [2.05, 4.69) is 5.32 Å². The summed E-state index contributed by atoms with van der Waals surface area (Å²) in [6, 6.07) is 4.50. The fraction of sp³-hybridized carbons (Fsp3) is 0.500. The first kappa shape index (κ1) is 12.1. The second-order valence-electron chi connectivity index (χ2n) is 4.42. The van der Waals surface area contributed by atoms with Gasteiger partial charge in [-0.25, -0.2) is 4.39 Å². The summed E-state index contributed by atoms with van der Waals surface area (Å²) >= 11 is 0. The molecule has 0 amide bonds. The van der Waals surface area contributed by atoms with Gasteiger partial charge in [-0.1, -0.05) is 0 Å². The second kappa shape index (κ2) is 4.89. The SMILES string of the molecule is Nc1ccc(NC2(CO)CCOCC2)c(F)c1. The average molecular weight is 240 g/mol. The molecule has 0 spiro atoms. The van der Waals surface area contributed by atoms with Gasteiger partial charge in [0.05, 0.1) is 17.8 Å². The largest absolute Gasteiger partial charge is 0.399 e. The van der Waals surface area contributed by atoms with E-state index in [9.17, 15) is 9.50 Å². The second-order valence-corrected chi connectivity index (χ2v) is 4.42. The van der Waals surface area contributed by atoms with E-state index in [-0.39, 0.29) is 6.61 Å². The van der Waals surface area contributed by atoms with Crippen molar-refractivity contribution < 1.29 is 14.2 Å². The maximum absolute atomic E-state index is 13.7. The van der Waals surface area contributed by atoms with Crippen molar-refractivity contribution in [2.45, 2.75) is 18.4 Å². The van der Waals surface area contributed by atoms with Crippen LogP contribution in [-0.4, -0.2) is 30.5 Å². The number of ether oxygens (including phenoxy) is 1. The Hall–Kier alpha value is -1.33. The molecule has 0 aliphatic carbocycles. The van der Waals surface area contributed by atoms with E-state index in [0.717, 1.165) is 0 Å². The van der Waals surface area contributed by atoms with E-state index in [1.54, 1.807) is 12.1 Å². The Kier molecular flexibility index (Phi) is 3.49. The summed E-state index contributed by atoms with van der Waals surface area (Å²) < 4.78 is 18.9. The van der Waals surface area contributed by atoms with E-state index in [0.29, 0.717) is 37.4 Å². The molecule has 1 aliphatic heterocycles. The molecule has 0 saturated carbocycles. The zero-order valence-corrected chi connectivity index (χ0v) is 9.58. The van der Waals surface area contributed by atoms with Crippen LogP contribution in [0.2, 0.25) is 0 Å². The number of nitrogens with two attached hydrogens (primary N) is 1. The molecular weight excluding hydrogens is 223 g/mol. The van der Waals surface area contributed by atoms with Crippen LogP contribution in [0.25, 0.3) is 0 Å². The van der Waals surface area contributed by atoms with Gasteiger partial charge >= 0.3 is 0 Å². The Morgan fingerprint density at radius 3 is 2.71 bits per heavy atom. The fourth-order valence-corrected chi connectivity index (χ4v) is 2.00. The maximum atomic E-state index is 13.7. The number of nitrogens with one attached hydrogen (secondary N) is 1. The standard InChI is InChI=1S/C12H17FN2O2/c13-10-7-9(14)1-2-11(10)15-12(8-16)3-5-17-6-4-12/h1-2,7,15-16H,3-6,8,14H2. The van der Waals surface area contributed by atoms with Gasteiger partial charge in [0.1, 0.15) is 5.82 Å². The van der Waals surface area contributed by atoms with Crippen LogP contribution in [0.1, 0.15) is 12.8 Å².